The van der Waals surface area contributed by atoms with E-state index in [1.165, 1.54) is 24.4 Å². The van der Waals surface area contributed by atoms with Gasteiger partial charge in [0.2, 0.25) is 10.0 Å². The van der Waals surface area contributed by atoms with Gasteiger partial charge in [0.1, 0.15) is 0 Å². The number of nitrogens with one attached hydrogen (secondary N) is 1. The number of hydrogen-bond donors (Lipinski definition) is 2. The lowest BCUT2D eigenvalue weighted by Gasteiger charge is -2.08. The molecule has 1 unspecified atom stereocenters. The van der Waals surface area contributed by atoms with Gasteiger partial charge in [0.15, 0.2) is 0 Å². The van der Waals surface area contributed by atoms with Crippen molar-refractivity contribution in [3.05, 3.63) is 53.3 Å². The zero-order valence-electron chi connectivity index (χ0n) is 12.3. The second-order valence-electron chi connectivity index (χ2n) is 5.25. The van der Waals surface area contributed by atoms with Gasteiger partial charge >= 0.3 is 0 Å². The Balaban J connectivity index is 1.83. The Kier molecular flexibility index (Phi) is 3.88. The van der Waals surface area contributed by atoms with Crippen molar-refractivity contribution in [1.82, 2.24) is 4.98 Å². The number of amides is 1. The molecule has 3 N–H and O–H groups in total. The molecule has 0 aliphatic carbocycles. The second-order valence-corrected chi connectivity index (χ2v) is 6.81. The molecule has 1 amide bonds. The van der Waals surface area contributed by atoms with E-state index in [-0.39, 0.29) is 16.9 Å². The first kappa shape index (κ1) is 15.6. The Morgan fingerprint density at radius 1 is 1.39 bits per heavy atom. The maximum absolute atomic E-state index is 12.3. The lowest BCUT2D eigenvalue weighted by molar-refractivity contribution is 0.0779. The van der Waals surface area contributed by atoms with Gasteiger partial charge in [-0.2, -0.15) is 0 Å². The lowest BCUT2D eigenvalue weighted by Crippen LogP contribution is -2.15. The predicted molar refractivity (Wildman–Crippen MR) is 83.2 cm³/mol. The van der Waals surface area contributed by atoms with Crippen molar-refractivity contribution >= 4 is 21.6 Å². The fraction of sp³-hybridized carbons (Fsp3) is 0.200. The Morgan fingerprint density at radius 3 is 2.91 bits per heavy atom. The molecule has 120 valence electrons. The summed E-state index contributed by atoms with van der Waals surface area (Å²) in [7, 11) is -3.82. The summed E-state index contributed by atoms with van der Waals surface area (Å²) in [5.41, 5.74) is 2.43. The van der Waals surface area contributed by atoms with Crippen LogP contribution >= 0.6 is 0 Å². The Hall–Kier alpha value is -2.29. The molecule has 8 heteroatoms. The van der Waals surface area contributed by atoms with E-state index in [1.807, 2.05) is 6.92 Å². The van der Waals surface area contributed by atoms with Crippen LogP contribution in [-0.2, 0) is 21.4 Å². The van der Waals surface area contributed by atoms with Crippen LogP contribution in [0, 0.1) is 0 Å². The van der Waals surface area contributed by atoms with Gasteiger partial charge in [0.25, 0.3) is 5.91 Å². The van der Waals surface area contributed by atoms with Crippen molar-refractivity contribution in [2.45, 2.75) is 24.5 Å². The molecule has 0 fully saturated rings. The molecule has 0 bridgehead atoms. The summed E-state index contributed by atoms with van der Waals surface area (Å²) in [6, 6.07) is 7.48. The summed E-state index contributed by atoms with van der Waals surface area (Å²) >= 11 is 0. The summed E-state index contributed by atoms with van der Waals surface area (Å²) in [5.74, 6) is -0.383. The van der Waals surface area contributed by atoms with Crippen LogP contribution in [0.25, 0.3) is 0 Å². The number of primary sulfonamides is 1. The minimum absolute atomic E-state index is 0.0652. The summed E-state index contributed by atoms with van der Waals surface area (Å²) < 4.78 is 28.1. The highest BCUT2D eigenvalue weighted by Gasteiger charge is 2.22. The summed E-state index contributed by atoms with van der Waals surface area (Å²) in [4.78, 5) is 16.5. The number of fused-ring (bicyclic) bond motifs is 1. The standard InChI is InChI=1S/C15H15N3O4S/c1-9-14-11(8-22-9)5-10(7-17-14)15(19)18-12-3-2-4-13(6-12)23(16,20)21/h2-7,9H,8H2,1H3,(H,18,19)(H2,16,20,21). The molecule has 0 saturated heterocycles. The minimum atomic E-state index is -3.82. The molecule has 23 heavy (non-hydrogen) atoms. The minimum Gasteiger partial charge on any atom is -0.367 e. The number of carbonyl (C=O) groups is 1. The van der Waals surface area contributed by atoms with Crippen LogP contribution in [0.5, 0.6) is 0 Å². The fourth-order valence-corrected chi connectivity index (χ4v) is 2.93. The Morgan fingerprint density at radius 2 is 2.17 bits per heavy atom. The van der Waals surface area contributed by atoms with Gasteiger partial charge in [0.05, 0.1) is 28.9 Å². The first-order valence-electron chi connectivity index (χ1n) is 6.89. The van der Waals surface area contributed by atoms with Gasteiger partial charge in [-0.25, -0.2) is 13.6 Å². The number of ether oxygens (including phenoxy) is 1. The number of hydrogen-bond acceptors (Lipinski definition) is 5. The first-order valence-corrected chi connectivity index (χ1v) is 8.44. The van der Waals surface area contributed by atoms with Crippen molar-refractivity contribution in [3.63, 3.8) is 0 Å². The molecule has 1 aliphatic rings. The molecule has 0 saturated carbocycles. The topological polar surface area (TPSA) is 111 Å². The number of carbonyl (C=O) groups excluding carboxylic acids is 1. The smallest absolute Gasteiger partial charge is 0.257 e. The third kappa shape index (κ3) is 3.24. The predicted octanol–water partition coefficient (Wildman–Crippen LogP) is 1.57. The molecule has 7 nitrogen and oxygen atoms in total. The molecular formula is C15H15N3O4S. The highest BCUT2D eigenvalue weighted by molar-refractivity contribution is 7.89. The Labute approximate surface area is 133 Å². The number of anilines is 1. The molecule has 0 spiro atoms. The van der Waals surface area contributed by atoms with E-state index < -0.39 is 10.0 Å². The van der Waals surface area contributed by atoms with E-state index in [0.29, 0.717) is 17.9 Å². The fourth-order valence-electron chi connectivity index (χ4n) is 2.37. The van der Waals surface area contributed by atoms with Gasteiger partial charge in [-0.05, 0) is 31.2 Å². The molecular weight excluding hydrogens is 318 g/mol. The normalized spacial score (nSPS) is 16.9. The number of aromatic nitrogens is 1. The maximum Gasteiger partial charge on any atom is 0.257 e. The third-order valence-electron chi connectivity index (χ3n) is 3.56. The molecule has 2 heterocycles. The highest BCUT2D eigenvalue weighted by atomic mass is 32.2. The zero-order valence-corrected chi connectivity index (χ0v) is 13.1. The van der Waals surface area contributed by atoms with E-state index in [0.717, 1.165) is 11.3 Å². The van der Waals surface area contributed by atoms with Crippen LogP contribution in [0.4, 0.5) is 5.69 Å². The van der Waals surface area contributed by atoms with Gasteiger partial charge in [-0.15, -0.1) is 0 Å². The Bertz CT molecular complexity index is 880. The van der Waals surface area contributed by atoms with Crippen LogP contribution in [0.1, 0.15) is 34.6 Å². The molecule has 1 atom stereocenters. The van der Waals surface area contributed by atoms with Crippen molar-refractivity contribution in [2.75, 3.05) is 5.32 Å². The molecule has 1 aliphatic heterocycles. The van der Waals surface area contributed by atoms with E-state index in [1.54, 1.807) is 12.1 Å². The maximum atomic E-state index is 12.3. The average Bonchev–Trinajstić information content (AvgIpc) is 2.87. The molecule has 2 aromatic rings. The van der Waals surface area contributed by atoms with Crippen LogP contribution in [-0.4, -0.2) is 19.3 Å². The molecule has 0 radical (unpaired) electrons. The number of benzene rings is 1. The highest BCUT2D eigenvalue weighted by Crippen LogP contribution is 2.28. The number of nitrogens with zero attached hydrogens (tertiary/aromatic N) is 1. The zero-order chi connectivity index (χ0) is 16.6. The van der Waals surface area contributed by atoms with E-state index in [2.05, 4.69) is 10.3 Å². The van der Waals surface area contributed by atoms with Gasteiger partial charge in [-0.1, -0.05) is 6.07 Å². The quantitative estimate of drug-likeness (QED) is 0.885. The van der Waals surface area contributed by atoms with Crippen molar-refractivity contribution in [2.24, 2.45) is 5.14 Å². The monoisotopic (exact) mass is 333 g/mol. The number of nitrogens with two attached hydrogens (primary N) is 1. The molecule has 3 rings (SSSR count). The second kappa shape index (κ2) is 5.73. The van der Waals surface area contributed by atoms with Crippen molar-refractivity contribution < 1.29 is 17.9 Å². The van der Waals surface area contributed by atoms with E-state index in [4.69, 9.17) is 9.88 Å². The van der Waals surface area contributed by atoms with Gasteiger partial charge < -0.3 is 10.1 Å². The van der Waals surface area contributed by atoms with Crippen molar-refractivity contribution in [1.29, 1.82) is 0 Å². The SMILES string of the molecule is CC1OCc2cc(C(=O)Nc3cccc(S(N)(=O)=O)c3)cnc21. The van der Waals surface area contributed by atoms with E-state index >= 15 is 0 Å². The molecule has 1 aromatic carbocycles. The van der Waals surface area contributed by atoms with Crippen LogP contribution < -0.4 is 10.5 Å². The van der Waals surface area contributed by atoms with Gasteiger partial charge in [0, 0.05) is 17.4 Å². The number of sulfonamides is 1. The van der Waals surface area contributed by atoms with Gasteiger partial charge in [-0.3, -0.25) is 9.78 Å². The average molecular weight is 333 g/mol. The first-order chi connectivity index (χ1) is 10.8. The van der Waals surface area contributed by atoms with Crippen LogP contribution in [0.15, 0.2) is 41.4 Å². The van der Waals surface area contributed by atoms with Crippen LogP contribution in [0.2, 0.25) is 0 Å². The molecule has 1 aromatic heterocycles. The van der Waals surface area contributed by atoms with Crippen LogP contribution in [0.3, 0.4) is 0 Å². The summed E-state index contributed by atoms with van der Waals surface area (Å²) in [6.45, 7) is 2.32. The van der Waals surface area contributed by atoms with Crippen molar-refractivity contribution in [3.8, 4) is 0 Å². The van der Waals surface area contributed by atoms with E-state index in [9.17, 15) is 13.2 Å². The third-order valence-corrected chi connectivity index (χ3v) is 4.47. The summed E-state index contributed by atoms with van der Waals surface area (Å²) in [5, 5.41) is 7.71. The number of rotatable bonds is 3. The summed E-state index contributed by atoms with van der Waals surface area (Å²) in [6.07, 6.45) is 1.40. The largest absolute Gasteiger partial charge is 0.367 e. The lowest BCUT2D eigenvalue weighted by atomic mass is 10.1. The number of pyridine rings is 1.